The summed E-state index contributed by atoms with van der Waals surface area (Å²) in [7, 11) is 0. The lowest BCUT2D eigenvalue weighted by Gasteiger charge is -2.06. The molecule has 0 saturated heterocycles. The number of carboxylic acid groups (broad SMARTS) is 1. The predicted octanol–water partition coefficient (Wildman–Crippen LogP) is 2.47. The second kappa shape index (κ2) is 3.86. The lowest BCUT2D eigenvalue weighted by molar-refractivity contribution is 0.0696. The monoisotopic (exact) mass is 283 g/mol. The minimum Gasteiger partial charge on any atom is -0.478 e. The van der Waals surface area contributed by atoms with E-state index in [1.165, 1.54) is 6.20 Å². The van der Waals surface area contributed by atoms with E-state index in [0.29, 0.717) is 10.1 Å². The number of hydrogen-bond acceptors (Lipinski definition) is 3. The highest BCUT2D eigenvalue weighted by atomic mass is 79.9. The van der Waals surface area contributed by atoms with Gasteiger partial charge in [-0.25, -0.2) is 4.79 Å². The normalized spacial score (nSPS) is 11.2. The average molecular weight is 284 g/mol. The largest absolute Gasteiger partial charge is 0.478 e. The maximum absolute atomic E-state index is 10.9. The van der Waals surface area contributed by atoms with Gasteiger partial charge in [0, 0.05) is 12.2 Å². The van der Waals surface area contributed by atoms with E-state index in [-0.39, 0.29) is 11.6 Å². The zero-order valence-corrected chi connectivity index (χ0v) is 10.4. The molecule has 0 aliphatic heterocycles. The number of aromatic carboxylic acids is 1. The molecule has 0 spiro atoms. The summed E-state index contributed by atoms with van der Waals surface area (Å²) >= 11 is 3.31. The Morgan fingerprint density at radius 1 is 1.56 bits per heavy atom. The summed E-state index contributed by atoms with van der Waals surface area (Å²) in [5.74, 6) is -0.984. The van der Waals surface area contributed by atoms with Gasteiger partial charge >= 0.3 is 5.97 Å². The molecule has 2 aromatic rings. The van der Waals surface area contributed by atoms with Crippen LogP contribution in [0, 0.1) is 0 Å². The number of fused-ring (bicyclic) bond motifs is 1. The van der Waals surface area contributed by atoms with Crippen molar-refractivity contribution in [3.63, 3.8) is 0 Å². The number of nitrogens with zero attached hydrogens (tertiary/aromatic N) is 3. The summed E-state index contributed by atoms with van der Waals surface area (Å²) in [6.45, 7) is 3.96. The number of rotatable bonds is 2. The Bertz CT molecular complexity index is 562. The van der Waals surface area contributed by atoms with Crippen molar-refractivity contribution in [3.05, 3.63) is 22.4 Å². The van der Waals surface area contributed by atoms with E-state index in [0.717, 1.165) is 5.52 Å². The van der Waals surface area contributed by atoms with Gasteiger partial charge in [0.2, 0.25) is 0 Å². The molecule has 0 aromatic carbocycles. The summed E-state index contributed by atoms with van der Waals surface area (Å²) in [6, 6.07) is 1.74. The molecular formula is C10H10BrN3O2. The highest BCUT2D eigenvalue weighted by molar-refractivity contribution is 9.10. The zero-order chi connectivity index (χ0) is 11.9. The predicted molar refractivity (Wildman–Crippen MR) is 62.6 cm³/mol. The smallest absolute Gasteiger partial charge is 0.337 e. The fourth-order valence-corrected chi connectivity index (χ4v) is 1.97. The molecule has 0 fully saturated rings. The molecule has 2 heterocycles. The molecule has 6 heteroatoms. The molecule has 0 aliphatic carbocycles. The van der Waals surface area contributed by atoms with E-state index in [1.807, 2.05) is 13.8 Å². The van der Waals surface area contributed by atoms with Gasteiger partial charge in [-0.2, -0.15) is 5.10 Å². The minimum absolute atomic E-state index is 0.152. The highest BCUT2D eigenvalue weighted by Crippen LogP contribution is 2.24. The van der Waals surface area contributed by atoms with E-state index < -0.39 is 5.97 Å². The van der Waals surface area contributed by atoms with Crippen molar-refractivity contribution in [2.24, 2.45) is 0 Å². The van der Waals surface area contributed by atoms with E-state index in [4.69, 9.17) is 5.11 Å². The van der Waals surface area contributed by atoms with Gasteiger partial charge in [0.25, 0.3) is 0 Å². The van der Waals surface area contributed by atoms with Gasteiger partial charge in [0.05, 0.1) is 11.1 Å². The molecule has 0 radical (unpaired) electrons. The standard InChI is InChI=1S/C10H10BrN3O2/c1-5(2)14-7-3-6(10(15)16)4-12-8(7)9(11)13-14/h3-5H,1-2H3,(H,15,16). The molecular weight excluding hydrogens is 274 g/mol. The first kappa shape index (κ1) is 11.1. The Morgan fingerprint density at radius 3 is 2.81 bits per heavy atom. The van der Waals surface area contributed by atoms with Crippen LogP contribution in [0.5, 0.6) is 0 Å². The van der Waals surface area contributed by atoms with Gasteiger partial charge in [-0.05, 0) is 35.8 Å². The summed E-state index contributed by atoms with van der Waals surface area (Å²) in [5.41, 5.74) is 1.57. The number of halogens is 1. The summed E-state index contributed by atoms with van der Waals surface area (Å²) < 4.78 is 2.38. The molecule has 1 N–H and O–H groups in total. The molecule has 2 rings (SSSR count). The van der Waals surface area contributed by atoms with E-state index in [9.17, 15) is 4.79 Å². The molecule has 0 amide bonds. The van der Waals surface area contributed by atoms with Crippen molar-refractivity contribution in [1.29, 1.82) is 0 Å². The van der Waals surface area contributed by atoms with Crippen molar-refractivity contribution >= 4 is 32.9 Å². The Hall–Kier alpha value is -1.43. The van der Waals surface area contributed by atoms with Gasteiger partial charge in [-0.15, -0.1) is 0 Å². The van der Waals surface area contributed by atoms with E-state index in [1.54, 1.807) is 10.7 Å². The first-order valence-corrected chi connectivity index (χ1v) is 5.57. The fraction of sp³-hybridized carbons (Fsp3) is 0.300. The summed E-state index contributed by atoms with van der Waals surface area (Å²) in [5, 5.41) is 13.2. The Balaban J connectivity index is 2.74. The van der Waals surface area contributed by atoms with Gasteiger partial charge in [-0.3, -0.25) is 9.67 Å². The average Bonchev–Trinajstić information content (AvgIpc) is 2.56. The van der Waals surface area contributed by atoms with Crippen LogP contribution in [0.1, 0.15) is 30.2 Å². The second-order valence-electron chi connectivity index (χ2n) is 3.73. The van der Waals surface area contributed by atoms with Crippen LogP contribution in [0.4, 0.5) is 0 Å². The van der Waals surface area contributed by atoms with Crippen molar-refractivity contribution in [2.45, 2.75) is 19.9 Å². The number of hydrogen-bond donors (Lipinski definition) is 1. The summed E-state index contributed by atoms with van der Waals surface area (Å²) in [6.07, 6.45) is 1.34. The third-order valence-electron chi connectivity index (χ3n) is 2.24. The fourth-order valence-electron chi connectivity index (χ4n) is 1.49. The molecule has 0 unspecified atom stereocenters. The molecule has 2 aromatic heterocycles. The molecule has 0 saturated carbocycles. The lowest BCUT2D eigenvalue weighted by Crippen LogP contribution is -2.04. The van der Waals surface area contributed by atoms with Crippen molar-refractivity contribution in [3.8, 4) is 0 Å². The van der Waals surface area contributed by atoms with Gasteiger partial charge in [0.15, 0.2) is 4.60 Å². The van der Waals surface area contributed by atoms with Crippen LogP contribution >= 0.6 is 15.9 Å². The molecule has 0 bridgehead atoms. The van der Waals surface area contributed by atoms with Gasteiger partial charge < -0.3 is 5.11 Å². The highest BCUT2D eigenvalue weighted by Gasteiger charge is 2.14. The third-order valence-corrected chi connectivity index (χ3v) is 2.78. The molecule has 84 valence electrons. The number of aromatic nitrogens is 3. The van der Waals surface area contributed by atoms with Gasteiger partial charge in [0.1, 0.15) is 5.52 Å². The quantitative estimate of drug-likeness (QED) is 0.919. The molecule has 0 atom stereocenters. The van der Waals surface area contributed by atoms with Crippen LogP contribution in [-0.4, -0.2) is 25.8 Å². The van der Waals surface area contributed by atoms with Crippen LogP contribution in [0.3, 0.4) is 0 Å². The van der Waals surface area contributed by atoms with Crippen LogP contribution < -0.4 is 0 Å². The van der Waals surface area contributed by atoms with Crippen molar-refractivity contribution in [2.75, 3.05) is 0 Å². The topological polar surface area (TPSA) is 68.0 Å². The SMILES string of the molecule is CC(C)n1nc(Br)c2ncc(C(=O)O)cc21. The summed E-state index contributed by atoms with van der Waals surface area (Å²) in [4.78, 5) is 14.9. The third kappa shape index (κ3) is 1.69. The Labute approximate surface area is 100 Å². The van der Waals surface area contributed by atoms with Crippen molar-refractivity contribution < 1.29 is 9.90 Å². The van der Waals surface area contributed by atoms with Gasteiger partial charge in [-0.1, -0.05) is 0 Å². The Kier molecular flexibility index (Phi) is 2.67. The van der Waals surface area contributed by atoms with Crippen molar-refractivity contribution in [1.82, 2.24) is 14.8 Å². The maximum Gasteiger partial charge on any atom is 0.337 e. The van der Waals surface area contributed by atoms with Crippen LogP contribution in [0.2, 0.25) is 0 Å². The van der Waals surface area contributed by atoms with Crippen LogP contribution in [0.25, 0.3) is 11.0 Å². The van der Waals surface area contributed by atoms with E-state index in [2.05, 4.69) is 26.0 Å². The van der Waals surface area contributed by atoms with Crippen LogP contribution in [0.15, 0.2) is 16.9 Å². The van der Waals surface area contributed by atoms with Crippen LogP contribution in [-0.2, 0) is 0 Å². The zero-order valence-electron chi connectivity index (χ0n) is 8.81. The number of pyridine rings is 1. The maximum atomic E-state index is 10.9. The minimum atomic E-state index is -0.984. The molecule has 5 nitrogen and oxygen atoms in total. The Morgan fingerprint density at radius 2 is 2.25 bits per heavy atom. The molecule has 16 heavy (non-hydrogen) atoms. The second-order valence-corrected chi connectivity index (χ2v) is 4.48. The number of carboxylic acids is 1. The van der Waals surface area contributed by atoms with E-state index >= 15 is 0 Å². The first-order chi connectivity index (χ1) is 7.50. The number of carbonyl (C=O) groups is 1. The first-order valence-electron chi connectivity index (χ1n) is 4.77. The lowest BCUT2D eigenvalue weighted by atomic mass is 10.2. The molecule has 0 aliphatic rings.